The molecule has 3 heterocycles. The van der Waals surface area contributed by atoms with E-state index in [1.165, 1.54) is 14.0 Å². The maximum absolute atomic E-state index is 14.5. The first-order valence-electron chi connectivity index (χ1n) is 20.7. The SMILES string of the molecule is CC[C@H]1OC(=O)[C@H](C)[C@@H](OC2C[C@@](C)(OC)[C@@H](OC(=O)CN)[C@H](C)O2)[C@H](C)[C@@H](O[C@@H]2O[C@H](C)C[C@H](N(C)C)[C@H]2O)[C@](C)(O)C[C@@H](C)CN(C)[C@H](C)[C@H](OC=O)[C@]1(C)O. The molecule has 0 aromatic heterocycles. The van der Waals surface area contributed by atoms with Crippen LogP contribution in [-0.2, 0) is 52.3 Å². The topological polar surface area (TPSA) is 218 Å². The highest BCUT2D eigenvalue weighted by molar-refractivity contribution is 5.73. The highest BCUT2D eigenvalue weighted by Crippen LogP contribution is 2.41. The Hall–Kier alpha value is -2.03. The Kier molecular flexibility index (Phi) is 18.0. The lowest BCUT2D eigenvalue weighted by Crippen LogP contribution is -2.61. The Morgan fingerprint density at radius 3 is 2.21 bits per heavy atom. The predicted molar refractivity (Wildman–Crippen MR) is 212 cm³/mol. The third-order valence-electron chi connectivity index (χ3n) is 12.8. The van der Waals surface area contributed by atoms with Crippen LogP contribution in [-0.4, -0.2) is 175 Å². The summed E-state index contributed by atoms with van der Waals surface area (Å²) in [5.74, 6) is -3.47. The van der Waals surface area contributed by atoms with Crippen molar-refractivity contribution in [2.75, 3.05) is 41.3 Å². The van der Waals surface area contributed by atoms with Gasteiger partial charge in [-0.2, -0.15) is 0 Å². The minimum absolute atomic E-state index is 0.0635. The van der Waals surface area contributed by atoms with Gasteiger partial charge in [0.25, 0.3) is 6.47 Å². The highest BCUT2D eigenvalue weighted by atomic mass is 16.7. The Morgan fingerprint density at radius 1 is 1.02 bits per heavy atom. The van der Waals surface area contributed by atoms with Gasteiger partial charge in [0.2, 0.25) is 0 Å². The number of nitrogens with zero attached hydrogens (tertiary/aromatic N) is 2. The van der Waals surface area contributed by atoms with E-state index in [2.05, 4.69) is 0 Å². The van der Waals surface area contributed by atoms with Crippen LogP contribution >= 0.6 is 0 Å². The Labute approximate surface area is 345 Å². The fourth-order valence-corrected chi connectivity index (χ4v) is 9.43. The lowest BCUT2D eigenvalue weighted by atomic mass is 9.77. The summed E-state index contributed by atoms with van der Waals surface area (Å²) in [6, 6.07) is -0.856. The molecule has 0 aromatic rings. The number of esters is 2. The number of carbonyl (C=O) groups excluding carboxylic acids is 3. The molecule has 0 bridgehead atoms. The van der Waals surface area contributed by atoms with E-state index < -0.39 is 102 Å². The molecule has 3 rings (SSSR count). The second-order valence-corrected chi connectivity index (χ2v) is 18.0. The molecule has 17 nitrogen and oxygen atoms in total. The zero-order chi connectivity index (χ0) is 44.1. The smallest absolute Gasteiger partial charge is 0.320 e. The number of ether oxygens (including phenoxy) is 8. The lowest BCUT2D eigenvalue weighted by molar-refractivity contribution is -0.318. The standard InChI is InChI=1S/C41H75N3O14/c1-15-29-41(10,50)35(52-21-45)26(6)44(13)20-22(2)17-39(8,49)34(58-38-32(47)28(43(11)12)16-23(3)53-38)24(4)33(25(5)37(48)55-29)57-31-18-40(9,51-14)36(27(7)54-31)56-30(46)19-42/h21-29,31-36,38,47,49-50H,15-20,42H2,1-14H3/t22-,23-,24+,25-,26-,27+,28+,29-,31?,32-,33+,34-,35+,36+,38+,39-,40-,41-/m1/s1. The second-order valence-electron chi connectivity index (χ2n) is 18.0. The molecule has 3 aliphatic heterocycles. The minimum atomic E-state index is -1.83. The number of likely N-dealkylation sites (N-methyl/N-ethyl adjacent to an activating group) is 2. The van der Waals surface area contributed by atoms with E-state index in [4.69, 9.17) is 43.6 Å². The van der Waals surface area contributed by atoms with Crippen LogP contribution in [0.1, 0.15) is 94.9 Å². The van der Waals surface area contributed by atoms with E-state index in [-0.39, 0.29) is 50.3 Å². The van der Waals surface area contributed by atoms with Crippen LogP contribution in [0.15, 0.2) is 0 Å². The number of hydrogen-bond donors (Lipinski definition) is 4. The number of carbonyl (C=O) groups is 3. The third-order valence-corrected chi connectivity index (χ3v) is 12.8. The van der Waals surface area contributed by atoms with Gasteiger partial charge >= 0.3 is 11.9 Å². The molecule has 0 aliphatic carbocycles. The first-order valence-corrected chi connectivity index (χ1v) is 20.7. The van der Waals surface area contributed by atoms with E-state index in [1.807, 2.05) is 51.7 Å². The summed E-state index contributed by atoms with van der Waals surface area (Å²) in [7, 11) is 7.06. The maximum atomic E-state index is 14.5. The van der Waals surface area contributed by atoms with Gasteiger partial charge in [-0.25, -0.2) is 0 Å². The number of cyclic esters (lactones) is 1. The molecule has 18 atom stereocenters. The number of rotatable bonds is 11. The molecule has 338 valence electrons. The molecule has 17 heteroatoms. The van der Waals surface area contributed by atoms with Crippen LogP contribution in [0, 0.1) is 17.8 Å². The fraction of sp³-hybridized carbons (Fsp3) is 0.927. The average molecular weight is 834 g/mol. The minimum Gasteiger partial charge on any atom is -0.460 e. The molecule has 0 aromatic carbocycles. The van der Waals surface area contributed by atoms with E-state index >= 15 is 0 Å². The monoisotopic (exact) mass is 834 g/mol. The summed E-state index contributed by atoms with van der Waals surface area (Å²) in [5.41, 5.74) is 1.01. The van der Waals surface area contributed by atoms with Crippen molar-refractivity contribution < 1.29 is 67.6 Å². The molecule has 3 fully saturated rings. The van der Waals surface area contributed by atoms with Crippen LogP contribution < -0.4 is 5.73 Å². The van der Waals surface area contributed by atoms with Crippen LogP contribution in [0.2, 0.25) is 0 Å². The van der Waals surface area contributed by atoms with Crippen molar-refractivity contribution >= 4 is 18.4 Å². The van der Waals surface area contributed by atoms with Crippen molar-refractivity contribution in [2.45, 2.75) is 185 Å². The Balaban J connectivity index is 2.21. The number of nitrogens with two attached hydrogens (primary N) is 1. The van der Waals surface area contributed by atoms with E-state index in [1.54, 1.807) is 41.5 Å². The summed E-state index contributed by atoms with van der Waals surface area (Å²) in [5, 5.41) is 36.3. The fourth-order valence-electron chi connectivity index (χ4n) is 9.43. The van der Waals surface area contributed by atoms with Gasteiger partial charge in [-0.05, 0) is 94.8 Å². The molecular weight excluding hydrogens is 758 g/mol. The number of aliphatic hydroxyl groups excluding tert-OH is 1. The normalized spacial score (nSPS) is 45.4. The summed E-state index contributed by atoms with van der Waals surface area (Å²) in [4.78, 5) is 42.4. The molecule has 0 saturated carbocycles. The molecule has 58 heavy (non-hydrogen) atoms. The average Bonchev–Trinajstić information content (AvgIpc) is 3.14. The zero-order valence-electron chi connectivity index (χ0n) is 37.3. The van der Waals surface area contributed by atoms with Crippen molar-refractivity contribution in [3.05, 3.63) is 0 Å². The van der Waals surface area contributed by atoms with Gasteiger partial charge in [0.1, 0.15) is 29.5 Å². The van der Waals surface area contributed by atoms with Crippen LogP contribution in [0.3, 0.4) is 0 Å². The molecule has 0 radical (unpaired) electrons. The van der Waals surface area contributed by atoms with Gasteiger partial charge in [-0.3, -0.25) is 19.3 Å². The first-order chi connectivity index (χ1) is 26.9. The van der Waals surface area contributed by atoms with Crippen LogP contribution in [0.25, 0.3) is 0 Å². The summed E-state index contributed by atoms with van der Waals surface area (Å²) >= 11 is 0. The number of hydrogen-bond acceptors (Lipinski definition) is 17. The molecule has 5 N–H and O–H groups in total. The van der Waals surface area contributed by atoms with Gasteiger partial charge in [0.15, 0.2) is 18.7 Å². The van der Waals surface area contributed by atoms with Crippen LogP contribution in [0.5, 0.6) is 0 Å². The van der Waals surface area contributed by atoms with Gasteiger partial charge in [-0.15, -0.1) is 0 Å². The summed E-state index contributed by atoms with van der Waals surface area (Å²) < 4.78 is 49.3. The lowest BCUT2D eigenvalue weighted by Gasteiger charge is -2.49. The van der Waals surface area contributed by atoms with E-state index in [9.17, 15) is 29.7 Å². The number of aliphatic hydroxyl groups is 3. The largest absolute Gasteiger partial charge is 0.460 e. The Bertz CT molecular complexity index is 1340. The van der Waals surface area contributed by atoms with Gasteiger partial charge in [0.05, 0.1) is 42.5 Å². The number of methoxy groups -OCH3 is 1. The molecule has 0 spiro atoms. The van der Waals surface area contributed by atoms with Crippen molar-refractivity contribution in [1.29, 1.82) is 0 Å². The summed E-state index contributed by atoms with van der Waals surface area (Å²) in [6.45, 7) is 17.8. The highest BCUT2D eigenvalue weighted by Gasteiger charge is 2.54. The molecule has 1 unspecified atom stereocenters. The van der Waals surface area contributed by atoms with Gasteiger partial charge in [0, 0.05) is 38.1 Å². The second kappa shape index (κ2) is 20.7. The molecular formula is C41H75N3O14. The van der Waals surface area contributed by atoms with Crippen molar-refractivity contribution in [2.24, 2.45) is 23.5 Å². The van der Waals surface area contributed by atoms with Crippen LogP contribution in [0.4, 0.5) is 0 Å². The first kappa shape index (κ1) is 50.3. The van der Waals surface area contributed by atoms with Gasteiger partial charge in [-0.1, -0.05) is 20.8 Å². The van der Waals surface area contributed by atoms with Crippen molar-refractivity contribution in [1.82, 2.24) is 9.80 Å². The zero-order valence-corrected chi connectivity index (χ0v) is 37.3. The molecule has 3 saturated heterocycles. The molecule has 3 aliphatic rings. The summed E-state index contributed by atoms with van der Waals surface area (Å²) in [6.07, 6.45) is -8.59. The Morgan fingerprint density at radius 2 is 1.66 bits per heavy atom. The van der Waals surface area contributed by atoms with Crippen molar-refractivity contribution in [3.63, 3.8) is 0 Å². The molecule has 0 amide bonds. The predicted octanol–water partition coefficient (Wildman–Crippen LogP) is 1.59. The van der Waals surface area contributed by atoms with E-state index in [0.29, 0.717) is 13.0 Å². The maximum Gasteiger partial charge on any atom is 0.320 e. The quantitative estimate of drug-likeness (QED) is 0.132. The van der Waals surface area contributed by atoms with Crippen molar-refractivity contribution in [3.8, 4) is 0 Å². The third kappa shape index (κ3) is 11.7. The van der Waals surface area contributed by atoms with Gasteiger partial charge < -0.3 is 63.8 Å². The van der Waals surface area contributed by atoms with E-state index in [0.717, 1.165) is 0 Å².